The Bertz CT molecular complexity index is 1290. The number of nitrogens with zero attached hydrogens (tertiary/aromatic N) is 4. The van der Waals surface area contributed by atoms with Crippen LogP contribution in [0.2, 0.25) is 0 Å². The molecule has 1 aliphatic heterocycles. The Morgan fingerprint density at radius 3 is 2.89 bits per heavy atom. The molecule has 1 aromatic carbocycles. The monoisotopic (exact) mass is 507 g/mol. The number of rotatable bonds is 10. The minimum absolute atomic E-state index is 0.0303. The highest BCUT2D eigenvalue weighted by molar-refractivity contribution is 5.94. The second-order valence-corrected chi connectivity index (χ2v) is 10.1. The Balaban J connectivity index is 1.23. The summed E-state index contributed by atoms with van der Waals surface area (Å²) in [4.78, 5) is 35.5. The van der Waals surface area contributed by atoms with E-state index in [1.807, 2.05) is 0 Å². The normalized spacial score (nSPS) is 19.6. The second kappa shape index (κ2) is 10.9. The third-order valence-corrected chi connectivity index (χ3v) is 7.37. The van der Waals surface area contributed by atoms with Gasteiger partial charge in [-0.25, -0.2) is 9.78 Å². The van der Waals surface area contributed by atoms with Crippen LogP contribution in [-0.2, 0) is 29.5 Å². The molecule has 0 unspecified atom stereocenters. The van der Waals surface area contributed by atoms with Crippen LogP contribution in [0, 0.1) is 5.92 Å². The lowest BCUT2D eigenvalue weighted by Crippen LogP contribution is -2.53. The van der Waals surface area contributed by atoms with E-state index in [1.165, 1.54) is 10.6 Å². The Kier molecular flexibility index (Phi) is 7.38. The lowest BCUT2D eigenvalue weighted by molar-refractivity contribution is -0.204. The highest BCUT2D eigenvalue weighted by atomic mass is 16.7. The molecule has 1 aliphatic carbocycles. The van der Waals surface area contributed by atoms with Crippen LogP contribution in [0.25, 0.3) is 10.9 Å². The van der Waals surface area contributed by atoms with Gasteiger partial charge in [-0.2, -0.15) is 5.10 Å². The first-order chi connectivity index (χ1) is 17.9. The van der Waals surface area contributed by atoms with Crippen LogP contribution in [0.1, 0.15) is 53.7 Å². The van der Waals surface area contributed by atoms with Crippen molar-refractivity contribution in [2.75, 3.05) is 18.5 Å². The predicted octanol–water partition coefficient (Wildman–Crippen LogP) is 2.95. The molecule has 2 aromatic heterocycles. The number of aliphatic hydroxyl groups is 1. The topological polar surface area (TPSA) is 130 Å². The number of carboxylic acid groups (broad SMARTS) is 1. The molecule has 196 valence electrons. The van der Waals surface area contributed by atoms with Crippen molar-refractivity contribution in [3.63, 3.8) is 0 Å². The molecular weight excluding hydrogens is 474 g/mol. The van der Waals surface area contributed by atoms with Crippen molar-refractivity contribution in [3.8, 4) is 0 Å². The molecule has 0 radical (unpaired) electrons. The number of hydroxylamine groups is 2. The van der Waals surface area contributed by atoms with Crippen molar-refractivity contribution in [1.29, 1.82) is 0 Å². The van der Waals surface area contributed by atoms with E-state index < -0.39 is 18.0 Å². The summed E-state index contributed by atoms with van der Waals surface area (Å²) in [7, 11) is 1.80. The zero-order valence-electron chi connectivity index (χ0n) is 21.0. The number of carbonyl (C=O) groups is 2. The first-order valence-corrected chi connectivity index (χ1v) is 12.9. The Labute approximate surface area is 215 Å². The number of aliphatic hydroxyl groups excluding tert-OH is 1. The fourth-order valence-corrected chi connectivity index (χ4v) is 5.30. The number of aromatic nitrogens is 3. The van der Waals surface area contributed by atoms with Gasteiger partial charge in [-0.05, 0) is 80.7 Å². The van der Waals surface area contributed by atoms with Crippen LogP contribution in [-0.4, -0.2) is 67.2 Å². The van der Waals surface area contributed by atoms with Crippen LogP contribution in [0.15, 0.2) is 36.5 Å². The van der Waals surface area contributed by atoms with E-state index in [2.05, 4.69) is 22.5 Å². The van der Waals surface area contributed by atoms with Crippen molar-refractivity contribution in [2.24, 2.45) is 13.0 Å². The van der Waals surface area contributed by atoms with Gasteiger partial charge in [0.25, 0.3) is 0 Å². The molecule has 3 N–H and O–H groups in total. The third-order valence-electron chi connectivity index (χ3n) is 7.37. The smallest absolute Gasteiger partial charge is 0.357 e. The molecule has 1 fully saturated rings. The third kappa shape index (κ3) is 5.60. The van der Waals surface area contributed by atoms with E-state index in [9.17, 15) is 19.8 Å². The van der Waals surface area contributed by atoms with Gasteiger partial charge in [0.2, 0.25) is 0 Å². The van der Waals surface area contributed by atoms with Crippen LogP contribution < -0.4 is 5.32 Å². The summed E-state index contributed by atoms with van der Waals surface area (Å²) in [6, 6.07) is 7.97. The van der Waals surface area contributed by atoms with Gasteiger partial charge in [-0.3, -0.25) is 9.48 Å². The fraction of sp³-hybridized carbons (Fsp3) is 0.481. The van der Waals surface area contributed by atoms with E-state index in [0.29, 0.717) is 24.3 Å². The van der Waals surface area contributed by atoms with Gasteiger partial charge in [0.05, 0.1) is 11.1 Å². The van der Waals surface area contributed by atoms with Crippen LogP contribution >= 0.6 is 0 Å². The van der Waals surface area contributed by atoms with E-state index in [4.69, 9.17) is 9.82 Å². The number of carbonyl (C=O) groups excluding carboxylic acids is 1. The summed E-state index contributed by atoms with van der Waals surface area (Å²) in [5, 5.41) is 29.1. The highest BCUT2D eigenvalue weighted by Crippen LogP contribution is 2.37. The maximum atomic E-state index is 13.0. The molecule has 3 heterocycles. The Morgan fingerprint density at radius 2 is 2.11 bits per heavy atom. The molecule has 1 atom stereocenters. The average Bonchev–Trinajstić information content (AvgIpc) is 3.24. The molecule has 10 heteroatoms. The number of fused-ring (bicyclic) bond motifs is 2. The van der Waals surface area contributed by atoms with Gasteiger partial charge in [-0.1, -0.05) is 6.07 Å². The molecule has 0 spiro atoms. The number of aryl methyl sites for hydroxylation is 3. The first kappa shape index (κ1) is 25.2. The van der Waals surface area contributed by atoms with Crippen LogP contribution in [0.4, 0.5) is 5.82 Å². The van der Waals surface area contributed by atoms with E-state index >= 15 is 0 Å². The predicted molar refractivity (Wildman–Crippen MR) is 137 cm³/mol. The van der Waals surface area contributed by atoms with Gasteiger partial charge in [0, 0.05) is 43.5 Å². The number of pyridine rings is 1. The van der Waals surface area contributed by atoms with Gasteiger partial charge in [0.15, 0.2) is 0 Å². The zero-order valence-corrected chi connectivity index (χ0v) is 21.0. The standard InChI is InChI=1S/C27H33N5O5/c1-31-16-20-15-19(6-9-23(20)30-31)27(36)37-32(24(10-12-33)26(34)35)22-13-17(14-22)4-7-21-8-5-18-3-2-11-28-25(18)29-21/h5-6,8-9,15-17,22,24,33H,2-4,7,10-14H2,1H3,(H,28,29)(H,34,35)/t17?,22?,24-/m0/s1. The van der Waals surface area contributed by atoms with Gasteiger partial charge in [0.1, 0.15) is 11.9 Å². The summed E-state index contributed by atoms with van der Waals surface area (Å²) >= 11 is 0. The second-order valence-electron chi connectivity index (χ2n) is 10.1. The molecular formula is C27H33N5O5. The van der Waals surface area contributed by atoms with E-state index in [0.717, 1.165) is 54.6 Å². The van der Waals surface area contributed by atoms with Crippen molar-refractivity contribution in [2.45, 2.75) is 57.0 Å². The number of benzene rings is 1. The molecule has 5 rings (SSSR count). The molecule has 10 nitrogen and oxygen atoms in total. The molecule has 3 aromatic rings. The molecule has 0 bridgehead atoms. The van der Waals surface area contributed by atoms with Crippen LogP contribution in [0.5, 0.6) is 0 Å². The molecule has 37 heavy (non-hydrogen) atoms. The fourth-order valence-electron chi connectivity index (χ4n) is 5.30. The summed E-state index contributed by atoms with van der Waals surface area (Å²) in [5.41, 5.74) is 3.39. The average molecular weight is 508 g/mol. The number of aliphatic carboxylic acids is 1. The number of anilines is 1. The summed E-state index contributed by atoms with van der Waals surface area (Å²) in [6.45, 7) is 0.637. The molecule has 0 saturated heterocycles. The number of carboxylic acids is 1. The molecule has 0 amide bonds. The minimum Gasteiger partial charge on any atom is -0.480 e. The van der Waals surface area contributed by atoms with Gasteiger partial charge in [-0.15, -0.1) is 5.06 Å². The Hall–Kier alpha value is -3.50. The van der Waals surface area contributed by atoms with Crippen LogP contribution in [0.3, 0.4) is 0 Å². The van der Waals surface area contributed by atoms with E-state index in [1.54, 1.807) is 36.1 Å². The molecule has 1 saturated carbocycles. The summed E-state index contributed by atoms with van der Waals surface area (Å²) < 4.78 is 1.67. The first-order valence-electron chi connectivity index (χ1n) is 12.9. The van der Waals surface area contributed by atoms with E-state index in [-0.39, 0.29) is 19.1 Å². The maximum Gasteiger partial charge on any atom is 0.357 e. The van der Waals surface area contributed by atoms with Crippen molar-refractivity contribution in [3.05, 3.63) is 53.3 Å². The lowest BCUT2D eigenvalue weighted by Gasteiger charge is -2.43. The SMILES string of the molecule is Cn1cc2cc(C(=O)ON(C3CC(CCc4ccc5c(n4)NCCC5)C3)[C@@H](CCO)C(=O)O)ccc2n1. The van der Waals surface area contributed by atoms with Crippen molar-refractivity contribution >= 4 is 28.7 Å². The number of nitrogens with one attached hydrogen (secondary N) is 1. The quantitative estimate of drug-likeness (QED) is 0.355. The number of hydrogen-bond acceptors (Lipinski definition) is 8. The van der Waals surface area contributed by atoms with Crippen molar-refractivity contribution in [1.82, 2.24) is 19.8 Å². The number of hydrogen-bond donors (Lipinski definition) is 3. The lowest BCUT2D eigenvalue weighted by atomic mass is 9.76. The zero-order chi connectivity index (χ0) is 25.9. The Morgan fingerprint density at radius 1 is 1.27 bits per heavy atom. The highest BCUT2D eigenvalue weighted by Gasteiger charge is 2.41. The summed E-state index contributed by atoms with van der Waals surface area (Å²) in [6.07, 6.45) is 7.17. The van der Waals surface area contributed by atoms with Gasteiger partial charge < -0.3 is 20.4 Å². The molecule has 2 aliphatic rings. The van der Waals surface area contributed by atoms with Gasteiger partial charge >= 0.3 is 11.9 Å². The maximum absolute atomic E-state index is 13.0. The summed E-state index contributed by atoms with van der Waals surface area (Å²) in [5.74, 6) is -0.374. The van der Waals surface area contributed by atoms with Crippen molar-refractivity contribution < 1.29 is 24.6 Å². The largest absolute Gasteiger partial charge is 0.480 e. The minimum atomic E-state index is -1.13.